The summed E-state index contributed by atoms with van der Waals surface area (Å²) in [5.74, 6) is 0. The van der Waals surface area contributed by atoms with Gasteiger partial charge in [0.2, 0.25) is 0 Å². The fourth-order valence-electron chi connectivity index (χ4n) is 1.37. The lowest BCUT2D eigenvalue weighted by molar-refractivity contribution is -0.0162. The van der Waals surface area contributed by atoms with Gasteiger partial charge in [-0.25, -0.2) is 0 Å². The zero-order valence-electron chi connectivity index (χ0n) is 6.61. The van der Waals surface area contributed by atoms with E-state index in [9.17, 15) is 0 Å². The molecule has 0 aromatic carbocycles. The van der Waals surface area contributed by atoms with Gasteiger partial charge in [0.1, 0.15) is 0 Å². The van der Waals surface area contributed by atoms with Gasteiger partial charge < -0.3 is 4.74 Å². The number of rotatable bonds is 1. The minimum Gasteiger partial charge on any atom is -0.372 e. The molecule has 1 atom stereocenters. The first-order chi connectivity index (χ1) is 4.14. The third-order valence-corrected chi connectivity index (χ3v) is 2.01. The Balaban J connectivity index is 2.38. The van der Waals surface area contributed by atoms with Crippen molar-refractivity contribution in [2.45, 2.75) is 51.7 Å². The van der Waals surface area contributed by atoms with E-state index >= 15 is 0 Å². The smallest absolute Gasteiger partial charge is 0.0631 e. The van der Waals surface area contributed by atoms with Crippen molar-refractivity contribution in [3.63, 3.8) is 0 Å². The van der Waals surface area contributed by atoms with Crippen molar-refractivity contribution in [3.8, 4) is 0 Å². The van der Waals surface area contributed by atoms with E-state index in [1.54, 1.807) is 0 Å². The average molecular weight is 128 g/mol. The minimum atomic E-state index is 0.167. The average Bonchev–Trinajstić information content (AvgIpc) is 2.10. The van der Waals surface area contributed by atoms with Gasteiger partial charge in [-0.1, -0.05) is 6.92 Å². The third kappa shape index (κ3) is 1.68. The van der Waals surface area contributed by atoms with E-state index in [4.69, 9.17) is 4.74 Å². The van der Waals surface area contributed by atoms with Crippen LogP contribution >= 0.6 is 0 Å². The van der Waals surface area contributed by atoms with Gasteiger partial charge >= 0.3 is 0 Å². The number of hydrogen-bond donors (Lipinski definition) is 0. The summed E-state index contributed by atoms with van der Waals surface area (Å²) in [6.07, 6.45) is 4.19. The Kier molecular flexibility index (Phi) is 1.80. The largest absolute Gasteiger partial charge is 0.372 e. The van der Waals surface area contributed by atoms with Gasteiger partial charge in [0.25, 0.3) is 0 Å². The summed E-state index contributed by atoms with van der Waals surface area (Å²) < 4.78 is 5.70. The molecule has 0 spiro atoms. The highest BCUT2D eigenvalue weighted by Crippen LogP contribution is 2.30. The standard InChI is InChI=1S/C8H16O/c1-4-7-5-6-8(2,3)9-7/h7H,4-6H2,1-3H3/t7-/m1/s1. The second kappa shape index (κ2) is 2.30. The Hall–Kier alpha value is -0.0400. The molecule has 9 heavy (non-hydrogen) atoms. The first-order valence-electron chi connectivity index (χ1n) is 3.82. The van der Waals surface area contributed by atoms with E-state index in [0.717, 1.165) is 0 Å². The molecule has 1 rings (SSSR count). The quantitative estimate of drug-likeness (QED) is 0.526. The van der Waals surface area contributed by atoms with Gasteiger partial charge in [-0.15, -0.1) is 0 Å². The molecule has 1 saturated heterocycles. The lowest BCUT2D eigenvalue weighted by atomic mass is 10.1. The molecule has 1 nitrogen and oxygen atoms in total. The molecule has 0 N–H and O–H groups in total. The van der Waals surface area contributed by atoms with Crippen LogP contribution in [0.25, 0.3) is 0 Å². The van der Waals surface area contributed by atoms with Crippen LogP contribution in [0.4, 0.5) is 0 Å². The molecule has 1 aliphatic heterocycles. The van der Waals surface area contributed by atoms with E-state index in [2.05, 4.69) is 20.8 Å². The van der Waals surface area contributed by atoms with Crippen LogP contribution in [0.15, 0.2) is 0 Å². The predicted molar refractivity (Wildman–Crippen MR) is 38.5 cm³/mol. The zero-order valence-corrected chi connectivity index (χ0v) is 6.61. The van der Waals surface area contributed by atoms with Crippen LogP contribution in [0.5, 0.6) is 0 Å². The van der Waals surface area contributed by atoms with E-state index in [1.807, 2.05) is 0 Å². The second-order valence-corrected chi connectivity index (χ2v) is 3.45. The molecule has 1 aliphatic rings. The highest BCUT2D eigenvalue weighted by Gasteiger charge is 2.29. The summed E-state index contributed by atoms with van der Waals surface area (Å²) in [6, 6.07) is 0. The van der Waals surface area contributed by atoms with Gasteiger partial charge in [-0.3, -0.25) is 0 Å². The molecule has 0 aromatic rings. The molecule has 0 saturated carbocycles. The van der Waals surface area contributed by atoms with Crippen LogP contribution < -0.4 is 0 Å². The van der Waals surface area contributed by atoms with Crippen LogP contribution in [-0.2, 0) is 4.74 Å². The maximum atomic E-state index is 5.70. The van der Waals surface area contributed by atoms with Gasteiger partial charge in [-0.2, -0.15) is 0 Å². The molecule has 0 unspecified atom stereocenters. The highest BCUT2D eigenvalue weighted by atomic mass is 16.5. The van der Waals surface area contributed by atoms with Crippen molar-refractivity contribution in [1.82, 2.24) is 0 Å². The normalized spacial score (nSPS) is 33.0. The first-order valence-corrected chi connectivity index (χ1v) is 3.82. The van der Waals surface area contributed by atoms with Crippen LogP contribution in [0.2, 0.25) is 0 Å². The molecule has 0 radical (unpaired) electrons. The maximum absolute atomic E-state index is 5.70. The predicted octanol–water partition coefficient (Wildman–Crippen LogP) is 2.35. The summed E-state index contributed by atoms with van der Waals surface area (Å²) in [4.78, 5) is 0. The van der Waals surface area contributed by atoms with Gasteiger partial charge in [0.15, 0.2) is 0 Å². The number of hydrogen-bond acceptors (Lipinski definition) is 1. The van der Waals surface area contributed by atoms with E-state index in [-0.39, 0.29) is 5.60 Å². The van der Waals surface area contributed by atoms with E-state index in [1.165, 1.54) is 19.3 Å². The molecule has 1 fully saturated rings. The van der Waals surface area contributed by atoms with Crippen molar-refractivity contribution >= 4 is 0 Å². The summed E-state index contributed by atoms with van der Waals surface area (Å²) in [6.45, 7) is 6.53. The van der Waals surface area contributed by atoms with Crippen molar-refractivity contribution < 1.29 is 4.74 Å². The summed E-state index contributed by atoms with van der Waals surface area (Å²) in [7, 11) is 0. The zero-order chi connectivity index (χ0) is 6.91. The molecule has 0 bridgehead atoms. The van der Waals surface area contributed by atoms with Crippen LogP contribution in [0, 0.1) is 0 Å². The highest BCUT2D eigenvalue weighted by molar-refractivity contribution is 4.79. The summed E-state index contributed by atoms with van der Waals surface area (Å²) in [5.41, 5.74) is 0.167. The van der Waals surface area contributed by atoms with Gasteiger partial charge in [0.05, 0.1) is 11.7 Å². The SMILES string of the molecule is CC[C@@H]1CCC(C)(C)O1. The lowest BCUT2D eigenvalue weighted by Gasteiger charge is -2.18. The monoisotopic (exact) mass is 128 g/mol. The Morgan fingerprint density at radius 3 is 2.44 bits per heavy atom. The Bertz CT molecular complexity index is 96.7. The maximum Gasteiger partial charge on any atom is 0.0631 e. The van der Waals surface area contributed by atoms with Crippen LogP contribution in [-0.4, -0.2) is 11.7 Å². The molecular weight excluding hydrogens is 112 g/mol. The fourth-order valence-corrected chi connectivity index (χ4v) is 1.37. The molecule has 0 aliphatic carbocycles. The summed E-state index contributed by atoms with van der Waals surface area (Å²) >= 11 is 0. The van der Waals surface area contributed by atoms with E-state index < -0.39 is 0 Å². The second-order valence-electron chi connectivity index (χ2n) is 3.45. The lowest BCUT2D eigenvalue weighted by Crippen LogP contribution is -2.19. The topological polar surface area (TPSA) is 9.23 Å². The fraction of sp³-hybridized carbons (Fsp3) is 1.00. The van der Waals surface area contributed by atoms with E-state index in [0.29, 0.717) is 6.10 Å². The first kappa shape index (κ1) is 7.07. The molecule has 1 heteroatoms. The van der Waals surface area contributed by atoms with Crippen molar-refractivity contribution in [3.05, 3.63) is 0 Å². The van der Waals surface area contributed by atoms with Gasteiger partial charge in [-0.05, 0) is 33.1 Å². The Labute approximate surface area is 57.4 Å². The molecule has 0 amide bonds. The van der Waals surface area contributed by atoms with Crippen molar-refractivity contribution in [2.24, 2.45) is 0 Å². The third-order valence-electron chi connectivity index (χ3n) is 2.01. The van der Waals surface area contributed by atoms with Crippen molar-refractivity contribution in [2.75, 3.05) is 0 Å². The number of ether oxygens (including phenoxy) is 1. The minimum absolute atomic E-state index is 0.167. The van der Waals surface area contributed by atoms with Crippen LogP contribution in [0.1, 0.15) is 40.0 Å². The van der Waals surface area contributed by atoms with Gasteiger partial charge in [0, 0.05) is 0 Å². The Morgan fingerprint density at radius 2 is 2.22 bits per heavy atom. The Morgan fingerprint density at radius 1 is 1.56 bits per heavy atom. The molecule has 1 heterocycles. The summed E-state index contributed by atoms with van der Waals surface area (Å²) in [5, 5.41) is 0. The van der Waals surface area contributed by atoms with Crippen LogP contribution in [0.3, 0.4) is 0 Å². The molecule has 0 aromatic heterocycles. The molecular formula is C8H16O. The van der Waals surface area contributed by atoms with Crippen molar-refractivity contribution in [1.29, 1.82) is 0 Å². The molecule has 54 valence electrons.